The highest BCUT2D eigenvalue weighted by atomic mass is 16.4. The summed E-state index contributed by atoms with van der Waals surface area (Å²) >= 11 is 0. The minimum Gasteiger partial charge on any atom is -0.481 e. The Labute approximate surface area is 206 Å². The number of aliphatic hydroxyl groups is 2. The van der Waals surface area contributed by atoms with E-state index in [0.717, 1.165) is 57.8 Å². The van der Waals surface area contributed by atoms with Gasteiger partial charge in [-0.25, -0.2) is 0 Å². The van der Waals surface area contributed by atoms with Gasteiger partial charge in [-0.05, 0) is 109 Å². The molecule has 3 N–H and O–H groups in total. The molecule has 4 nitrogen and oxygen atoms in total. The van der Waals surface area contributed by atoms with Gasteiger partial charge in [0.25, 0.3) is 0 Å². The number of carbonyl (C=O) groups is 1. The van der Waals surface area contributed by atoms with Crippen LogP contribution in [0.1, 0.15) is 106 Å². The highest BCUT2D eigenvalue weighted by molar-refractivity contribution is 5.76. The highest BCUT2D eigenvalue weighted by Crippen LogP contribution is 2.75. The van der Waals surface area contributed by atoms with E-state index in [1.807, 2.05) is 0 Å². The molecule has 0 aromatic rings. The lowest BCUT2D eigenvalue weighted by atomic mass is 9.33. The van der Waals surface area contributed by atoms with E-state index < -0.39 is 11.4 Å². The van der Waals surface area contributed by atoms with Crippen LogP contribution in [0.25, 0.3) is 0 Å². The molecule has 0 saturated heterocycles. The van der Waals surface area contributed by atoms with Gasteiger partial charge in [-0.2, -0.15) is 0 Å². The average molecular weight is 473 g/mol. The van der Waals surface area contributed by atoms with E-state index in [2.05, 4.69) is 47.6 Å². The normalized spacial score (nSPS) is 54.1. The van der Waals surface area contributed by atoms with Crippen molar-refractivity contribution in [3.05, 3.63) is 11.6 Å². The topological polar surface area (TPSA) is 77.8 Å². The van der Waals surface area contributed by atoms with Crippen molar-refractivity contribution in [3.8, 4) is 0 Å². The molecule has 0 unspecified atom stereocenters. The maximum atomic E-state index is 12.8. The Balaban J connectivity index is 1.60. The van der Waals surface area contributed by atoms with E-state index >= 15 is 0 Å². The number of allylic oxidation sites excluding steroid dienone is 2. The highest BCUT2D eigenvalue weighted by Gasteiger charge is 2.69. The van der Waals surface area contributed by atoms with E-state index in [0.29, 0.717) is 18.3 Å². The van der Waals surface area contributed by atoms with Crippen LogP contribution in [0.15, 0.2) is 11.6 Å². The fourth-order valence-corrected chi connectivity index (χ4v) is 10.7. The number of hydrogen-bond acceptors (Lipinski definition) is 3. The lowest BCUT2D eigenvalue weighted by Gasteiger charge is -2.71. The predicted molar refractivity (Wildman–Crippen MR) is 134 cm³/mol. The van der Waals surface area contributed by atoms with Crippen molar-refractivity contribution in [2.45, 2.75) is 112 Å². The molecule has 34 heavy (non-hydrogen) atoms. The molecule has 4 saturated carbocycles. The van der Waals surface area contributed by atoms with Gasteiger partial charge in [0.15, 0.2) is 0 Å². The molecule has 0 aromatic carbocycles. The first kappa shape index (κ1) is 24.8. The molecule has 5 aliphatic carbocycles. The van der Waals surface area contributed by atoms with Crippen molar-refractivity contribution in [3.63, 3.8) is 0 Å². The maximum absolute atomic E-state index is 12.8. The Morgan fingerprint density at radius 2 is 1.62 bits per heavy atom. The maximum Gasteiger partial charge on any atom is 0.310 e. The summed E-state index contributed by atoms with van der Waals surface area (Å²) in [5.41, 5.74) is 0.844. The van der Waals surface area contributed by atoms with Crippen LogP contribution in [-0.4, -0.2) is 34.0 Å². The monoisotopic (exact) mass is 472 g/mol. The van der Waals surface area contributed by atoms with Crippen LogP contribution in [0.4, 0.5) is 0 Å². The number of hydrogen-bond donors (Lipinski definition) is 3. The van der Waals surface area contributed by atoms with Crippen LogP contribution in [0.3, 0.4) is 0 Å². The summed E-state index contributed by atoms with van der Waals surface area (Å²) in [6.45, 7) is 14.4. The first-order valence-corrected chi connectivity index (χ1v) is 13.9. The molecular formula is C30H48O4. The van der Waals surface area contributed by atoms with Crippen LogP contribution < -0.4 is 0 Å². The second kappa shape index (κ2) is 7.34. The summed E-state index contributed by atoms with van der Waals surface area (Å²) in [4.78, 5) is 12.8. The molecule has 0 amide bonds. The standard InChI is InChI=1S/C30H48O4/c1-25(2)21-9-12-29(6)22(27(21,4)11-10-23(25)32)8-7-19-20-17-26(3,18-31)13-15-30(20,24(33)34)16-14-28(19,29)5/h7,20-23,31-32H,8-18H2,1-6H3,(H,33,34)/t20-,21+,22-,23-,26+,27-,28+,29+,30+/m0/s1. The van der Waals surface area contributed by atoms with Gasteiger partial charge >= 0.3 is 5.97 Å². The van der Waals surface area contributed by atoms with Crippen molar-refractivity contribution in [1.29, 1.82) is 0 Å². The van der Waals surface area contributed by atoms with Gasteiger partial charge in [0, 0.05) is 6.61 Å². The third-order valence-corrected chi connectivity index (χ3v) is 13.3. The molecule has 0 aromatic heterocycles. The molecule has 0 bridgehead atoms. The fourth-order valence-electron chi connectivity index (χ4n) is 10.7. The second-order valence-corrected chi connectivity index (χ2v) is 14.9. The van der Waals surface area contributed by atoms with Crippen LogP contribution >= 0.6 is 0 Å². The Hall–Kier alpha value is -0.870. The van der Waals surface area contributed by atoms with Gasteiger partial charge in [-0.1, -0.05) is 53.2 Å². The van der Waals surface area contributed by atoms with Crippen LogP contribution in [0.2, 0.25) is 0 Å². The molecule has 0 spiro atoms. The summed E-state index contributed by atoms with van der Waals surface area (Å²) in [6, 6.07) is 0. The predicted octanol–water partition coefficient (Wildman–Crippen LogP) is 6.21. The fraction of sp³-hybridized carbons (Fsp3) is 0.900. The zero-order chi connectivity index (χ0) is 24.9. The number of rotatable bonds is 2. The van der Waals surface area contributed by atoms with Crippen LogP contribution in [0.5, 0.6) is 0 Å². The zero-order valence-corrected chi connectivity index (χ0v) is 22.4. The number of aliphatic carboxylic acids is 1. The van der Waals surface area contributed by atoms with Crippen molar-refractivity contribution < 1.29 is 20.1 Å². The van der Waals surface area contributed by atoms with Gasteiger partial charge < -0.3 is 15.3 Å². The van der Waals surface area contributed by atoms with Gasteiger partial charge in [-0.3, -0.25) is 4.79 Å². The second-order valence-electron chi connectivity index (χ2n) is 14.9. The Kier molecular flexibility index (Phi) is 5.36. The lowest BCUT2D eigenvalue weighted by molar-refractivity contribution is -0.206. The van der Waals surface area contributed by atoms with E-state index in [-0.39, 0.29) is 45.7 Å². The summed E-state index contributed by atoms with van der Waals surface area (Å²) < 4.78 is 0. The van der Waals surface area contributed by atoms with Gasteiger partial charge in [0.05, 0.1) is 11.5 Å². The molecule has 0 radical (unpaired) electrons. The van der Waals surface area contributed by atoms with E-state index in [1.165, 1.54) is 5.57 Å². The van der Waals surface area contributed by atoms with Gasteiger partial charge in [0.1, 0.15) is 0 Å². The Bertz CT molecular complexity index is 907. The molecule has 5 aliphatic rings. The first-order chi connectivity index (χ1) is 15.7. The molecule has 4 fully saturated rings. The lowest BCUT2D eigenvalue weighted by Crippen LogP contribution is -2.65. The van der Waals surface area contributed by atoms with E-state index in [9.17, 15) is 20.1 Å². The SMILES string of the molecule is CC1(C)[C@H]2CC[C@]3(C)[C@@H](CC=C4[C@@H]5C[C@](C)(CO)CC[C@@]5(C(=O)O)CC[C@]43C)[C@@]2(C)CC[C@@H]1O. The van der Waals surface area contributed by atoms with Crippen LogP contribution in [0, 0.1) is 50.2 Å². The van der Waals surface area contributed by atoms with Crippen molar-refractivity contribution in [2.24, 2.45) is 50.2 Å². The molecule has 0 heterocycles. The third-order valence-electron chi connectivity index (χ3n) is 13.3. The first-order valence-electron chi connectivity index (χ1n) is 13.9. The molecular weight excluding hydrogens is 424 g/mol. The number of carboxylic acid groups (broad SMARTS) is 1. The summed E-state index contributed by atoms with van der Waals surface area (Å²) in [6.07, 6.45) is 11.6. The number of carboxylic acids is 1. The van der Waals surface area contributed by atoms with Crippen molar-refractivity contribution in [2.75, 3.05) is 6.61 Å². The largest absolute Gasteiger partial charge is 0.481 e. The molecule has 9 atom stereocenters. The smallest absolute Gasteiger partial charge is 0.310 e. The summed E-state index contributed by atoms with van der Waals surface area (Å²) in [7, 11) is 0. The number of fused-ring (bicyclic) bond motifs is 7. The Morgan fingerprint density at radius 1 is 0.941 bits per heavy atom. The average Bonchev–Trinajstić information content (AvgIpc) is 2.77. The van der Waals surface area contributed by atoms with Gasteiger partial charge in [0.2, 0.25) is 0 Å². The summed E-state index contributed by atoms with van der Waals surface area (Å²) in [5, 5.41) is 31.6. The van der Waals surface area contributed by atoms with Crippen molar-refractivity contribution in [1.82, 2.24) is 0 Å². The summed E-state index contributed by atoms with van der Waals surface area (Å²) in [5.74, 6) is 0.493. The van der Waals surface area contributed by atoms with Crippen LogP contribution in [-0.2, 0) is 4.79 Å². The third kappa shape index (κ3) is 2.88. The van der Waals surface area contributed by atoms with Crippen molar-refractivity contribution >= 4 is 5.97 Å². The molecule has 192 valence electrons. The molecule has 4 heteroatoms. The Morgan fingerprint density at radius 3 is 2.26 bits per heavy atom. The quantitative estimate of drug-likeness (QED) is 0.418. The van der Waals surface area contributed by atoms with E-state index in [4.69, 9.17) is 0 Å². The molecule has 0 aliphatic heterocycles. The van der Waals surface area contributed by atoms with Gasteiger partial charge in [-0.15, -0.1) is 0 Å². The minimum atomic E-state index is -0.665. The van der Waals surface area contributed by atoms with E-state index in [1.54, 1.807) is 0 Å². The molecule has 5 rings (SSSR count). The zero-order valence-electron chi connectivity index (χ0n) is 22.4. The minimum absolute atomic E-state index is 0.00141. The number of aliphatic hydroxyl groups excluding tert-OH is 2.